The van der Waals surface area contributed by atoms with Gasteiger partial charge in [-0.05, 0) is 52.9 Å². The van der Waals surface area contributed by atoms with Crippen molar-refractivity contribution in [2.75, 3.05) is 19.7 Å². The summed E-state index contributed by atoms with van der Waals surface area (Å²) in [5.74, 6) is 0.622. The molecule has 130 valence electrons. The molecule has 0 saturated carbocycles. The summed E-state index contributed by atoms with van der Waals surface area (Å²) in [5.41, 5.74) is -0.423. The van der Waals surface area contributed by atoms with Gasteiger partial charge >= 0.3 is 6.09 Å². The first-order valence-electron chi connectivity index (χ1n) is 8.34. The van der Waals surface area contributed by atoms with Gasteiger partial charge in [0.25, 0.3) is 0 Å². The first-order valence-corrected chi connectivity index (χ1v) is 9.22. The monoisotopic (exact) mass is 340 g/mol. The van der Waals surface area contributed by atoms with Crippen LogP contribution in [0.2, 0.25) is 0 Å². The lowest BCUT2D eigenvalue weighted by Crippen LogP contribution is -2.41. The summed E-state index contributed by atoms with van der Waals surface area (Å²) in [6.45, 7) is 10.1. The lowest BCUT2D eigenvalue weighted by Gasteiger charge is -2.33. The second-order valence-electron chi connectivity index (χ2n) is 7.08. The Morgan fingerprint density at radius 3 is 2.70 bits per heavy atom. The molecule has 0 unspecified atom stereocenters. The summed E-state index contributed by atoms with van der Waals surface area (Å²) in [6, 6.07) is 0. The number of likely N-dealkylation sites (tertiary alicyclic amines) is 1. The number of ether oxygens (including phenoxy) is 2. The number of thiazole rings is 1. The van der Waals surface area contributed by atoms with Crippen molar-refractivity contribution in [3.05, 3.63) is 16.6 Å². The molecule has 1 amide bonds. The van der Waals surface area contributed by atoms with Gasteiger partial charge in [0.15, 0.2) is 0 Å². The Bertz CT molecular complexity index is 477. The molecule has 0 aliphatic carbocycles. The SMILES string of the molecule is C[C@@H](OCCC1CCN(C(=O)OC(C)(C)C)CC1)c1nccs1. The van der Waals surface area contributed by atoms with Gasteiger partial charge in [0.1, 0.15) is 16.7 Å². The van der Waals surface area contributed by atoms with Crippen LogP contribution >= 0.6 is 11.3 Å². The van der Waals surface area contributed by atoms with E-state index in [0.717, 1.165) is 44.0 Å². The van der Waals surface area contributed by atoms with Gasteiger partial charge in [-0.3, -0.25) is 0 Å². The van der Waals surface area contributed by atoms with Gasteiger partial charge in [0, 0.05) is 31.3 Å². The molecule has 0 spiro atoms. The van der Waals surface area contributed by atoms with Crippen LogP contribution in [0.25, 0.3) is 0 Å². The van der Waals surface area contributed by atoms with Crippen molar-refractivity contribution in [3.8, 4) is 0 Å². The minimum atomic E-state index is -0.423. The van der Waals surface area contributed by atoms with Gasteiger partial charge in [0.2, 0.25) is 0 Å². The third kappa shape index (κ3) is 6.11. The van der Waals surface area contributed by atoms with Crippen LogP contribution in [0, 0.1) is 5.92 Å². The first-order chi connectivity index (χ1) is 10.8. The van der Waals surface area contributed by atoms with Gasteiger partial charge in [-0.2, -0.15) is 0 Å². The predicted molar refractivity (Wildman–Crippen MR) is 91.6 cm³/mol. The van der Waals surface area contributed by atoms with Crippen molar-refractivity contribution in [3.63, 3.8) is 0 Å². The highest BCUT2D eigenvalue weighted by atomic mass is 32.1. The van der Waals surface area contributed by atoms with E-state index in [9.17, 15) is 4.79 Å². The zero-order valence-corrected chi connectivity index (χ0v) is 15.4. The zero-order chi connectivity index (χ0) is 16.9. The molecular weight excluding hydrogens is 312 g/mol. The number of hydrogen-bond donors (Lipinski definition) is 0. The Morgan fingerprint density at radius 2 is 2.13 bits per heavy atom. The van der Waals surface area contributed by atoms with Crippen LogP contribution in [-0.2, 0) is 9.47 Å². The molecule has 0 N–H and O–H groups in total. The van der Waals surface area contributed by atoms with Gasteiger partial charge in [-0.25, -0.2) is 9.78 Å². The molecule has 1 aromatic rings. The van der Waals surface area contributed by atoms with E-state index in [1.54, 1.807) is 11.3 Å². The number of aromatic nitrogens is 1. The molecule has 0 bridgehead atoms. The van der Waals surface area contributed by atoms with Gasteiger partial charge < -0.3 is 14.4 Å². The Hall–Kier alpha value is -1.14. The molecule has 2 heterocycles. The lowest BCUT2D eigenvalue weighted by molar-refractivity contribution is 0.0145. The number of carbonyl (C=O) groups excluding carboxylic acids is 1. The highest BCUT2D eigenvalue weighted by Crippen LogP contribution is 2.24. The van der Waals surface area contributed by atoms with Gasteiger partial charge in [-0.1, -0.05) is 0 Å². The number of amides is 1. The van der Waals surface area contributed by atoms with E-state index >= 15 is 0 Å². The van der Waals surface area contributed by atoms with Crippen molar-refractivity contribution >= 4 is 17.4 Å². The van der Waals surface area contributed by atoms with Crippen LogP contribution in [0.1, 0.15) is 58.1 Å². The molecule has 1 aliphatic heterocycles. The molecule has 0 aromatic carbocycles. The summed E-state index contributed by atoms with van der Waals surface area (Å²) in [6.07, 6.45) is 4.77. The number of carbonyl (C=O) groups is 1. The fourth-order valence-corrected chi connectivity index (χ4v) is 3.29. The quantitative estimate of drug-likeness (QED) is 0.804. The average Bonchev–Trinajstić information content (AvgIpc) is 3.00. The zero-order valence-electron chi connectivity index (χ0n) is 14.6. The van der Waals surface area contributed by atoms with E-state index < -0.39 is 5.60 Å². The van der Waals surface area contributed by atoms with E-state index in [0.29, 0.717) is 5.92 Å². The Labute approximate surface area is 143 Å². The molecule has 23 heavy (non-hydrogen) atoms. The average molecular weight is 340 g/mol. The number of nitrogens with zero attached hydrogens (tertiary/aromatic N) is 2. The summed E-state index contributed by atoms with van der Waals surface area (Å²) >= 11 is 1.63. The van der Waals surface area contributed by atoms with Crippen molar-refractivity contribution in [1.29, 1.82) is 0 Å². The molecule has 2 rings (SSSR count). The highest BCUT2D eigenvalue weighted by Gasteiger charge is 2.26. The summed E-state index contributed by atoms with van der Waals surface area (Å²) < 4.78 is 11.3. The first kappa shape index (κ1) is 18.2. The molecule has 1 aliphatic rings. The van der Waals surface area contributed by atoms with Crippen molar-refractivity contribution in [2.45, 2.75) is 58.7 Å². The highest BCUT2D eigenvalue weighted by molar-refractivity contribution is 7.09. The van der Waals surface area contributed by atoms with Crippen LogP contribution in [-0.4, -0.2) is 41.3 Å². The summed E-state index contributed by atoms with van der Waals surface area (Å²) in [4.78, 5) is 18.1. The van der Waals surface area contributed by atoms with Gasteiger partial charge in [-0.15, -0.1) is 11.3 Å². The maximum atomic E-state index is 12.0. The second kappa shape index (κ2) is 8.11. The van der Waals surface area contributed by atoms with Gasteiger partial charge in [0.05, 0.1) is 0 Å². The van der Waals surface area contributed by atoms with Crippen LogP contribution < -0.4 is 0 Å². The maximum absolute atomic E-state index is 12.0. The third-order valence-electron chi connectivity index (χ3n) is 3.96. The van der Waals surface area contributed by atoms with E-state index in [1.165, 1.54) is 0 Å². The molecule has 6 heteroatoms. The third-order valence-corrected chi connectivity index (χ3v) is 4.90. The van der Waals surface area contributed by atoms with Crippen molar-refractivity contribution in [2.24, 2.45) is 5.92 Å². The number of hydrogen-bond acceptors (Lipinski definition) is 5. The summed E-state index contributed by atoms with van der Waals surface area (Å²) in [5, 5.41) is 3.01. The maximum Gasteiger partial charge on any atom is 0.410 e. The Kier molecular flexibility index (Phi) is 6.41. The van der Waals surface area contributed by atoms with E-state index in [-0.39, 0.29) is 12.2 Å². The number of rotatable bonds is 5. The molecule has 5 nitrogen and oxygen atoms in total. The smallest absolute Gasteiger partial charge is 0.410 e. The minimum absolute atomic E-state index is 0.0665. The molecule has 1 aromatic heterocycles. The molecule has 1 saturated heterocycles. The standard InChI is InChI=1S/C17H28N2O3S/c1-13(15-18-8-12-23-15)21-11-7-14-5-9-19(10-6-14)16(20)22-17(2,3)4/h8,12-14H,5-7,9-11H2,1-4H3/t13-/m1/s1. The topological polar surface area (TPSA) is 51.7 Å². The van der Waals surface area contributed by atoms with E-state index in [4.69, 9.17) is 9.47 Å². The Morgan fingerprint density at radius 1 is 1.43 bits per heavy atom. The van der Waals surface area contributed by atoms with Crippen LogP contribution in [0.4, 0.5) is 4.79 Å². The van der Waals surface area contributed by atoms with Crippen LogP contribution in [0.5, 0.6) is 0 Å². The predicted octanol–water partition coefficient (Wildman–Crippen LogP) is 4.26. The van der Waals surface area contributed by atoms with E-state index in [1.807, 2.05) is 44.2 Å². The summed E-state index contributed by atoms with van der Waals surface area (Å²) in [7, 11) is 0. The molecule has 1 fully saturated rings. The minimum Gasteiger partial charge on any atom is -0.444 e. The van der Waals surface area contributed by atoms with Crippen molar-refractivity contribution in [1.82, 2.24) is 9.88 Å². The fourth-order valence-electron chi connectivity index (χ4n) is 2.65. The fraction of sp³-hybridized carbons (Fsp3) is 0.765. The molecule has 0 radical (unpaired) electrons. The van der Waals surface area contributed by atoms with Crippen molar-refractivity contribution < 1.29 is 14.3 Å². The second-order valence-corrected chi connectivity index (χ2v) is 8.01. The largest absolute Gasteiger partial charge is 0.444 e. The molecular formula is C17H28N2O3S. The normalized spacial score (nSPS) is 18.0. The Balaban J connectivity index is 1.64. The van der Waals surface area contributed by atoms with Crippen LogP contribution in [0.15, 0.2) is 11.6 Å². The lowest BCUT2D eigenvalue weighted by atomic mass is 9.94. The van der Waals surface area contributed by atoms with E-state index in [2.05, 4.69) is 4.98 Å². The van der Waals surface area contributed by atoms with Crippen LogP contribution in [0.3, 0.4) is 0 Å². The molecule has 1 atom stereocenters. The number of piperidine rings is 1.